The van der Waals surface area contributed by atoms with E-state index in [0.717, 1.165) is 17.0 Å². The lowest BCUT2D eigenvalue weighted by Gasteiger charge is -2.55. The summed E-state index contributed by atoms with van der Waals surface area (Å²) in [7, 11) is 1.40. The van der Waals surface area contributed by atoms with E-state index in [9.17, 15) is 4.79 Å². The Labute approximate surface area is 151 Å². The number of esters is 1. The molecule has 3 atom stereocenters. The fourth-order valence-corrected chi connectivity index (χ4v) is 4.20. The maximum Gasteiger partial charge on any atom is 0.317 e. The molecule has 2 aromatic rings. The lowest BCUT2D eigenvalue weighted by molar-refractivity contribution is -0.157. The van der Waals surface area contributed by atoms with Crippen LogP contribution in [0, 0.1) is 5.92 Å². The fourth-order valence-electron chi connectivity index (χ4n) is 3.78. The second-order valence-electron chi connectivity index (χ2n) is 6.29. The molecule has 0 aromatic heterocycles. The number of methoxy groups -OCH3 is 1. The van der Waals surface area contributed by atoms with Gasteiger partial charge in [-0.2, -0.15) is 0 Å². The molecule has 2 aliphatic heterocycles. The summed E-state index contributed by atoms with van der Waals surface area (Å²) in [5, 5.41) is 3.84. The maximum atomic E-state index is 12.7. The number of carbonyl (C=O) groups is 1. The molecule has 0 spiro atoms. The molecule has 5 nitrogen and oxygen atoms in total. The van der Waals surface area contributed by atoms with E-state index in [0.29, 0.717) is 5.11 Å². The highest BCUT2D eigenvalue weighted by atomic mass is 32.1. The summed E-state index contributed by atoms with van der Waals surface area (Å²) < 4.78 is 11.5. The molecule has 2 aromatic carbocycles. The van der Waals surface area contributed by atoms with E-state index >= 15 is 0 Å². The number of anilines is 1. The average Bonchev–Trinajstić information content (AvgIpc) is 2.61. The van der Waals surface area contributed by atoms with Gasteiger partial charge in [-0.05, 0) is 37.3 Å². The van der Waals surface area contributed by atoms with Crippen LogP contribution in [-0.2, 0) is 9.53 Å². The largest absolute Gasteiger partial charge is 0.469 e. The molecule has 25 heavy (non-hydrogen) atoms. The number of fused-ring (bicyclic) bond motifs is 4. The Balaban J connectivity index is 1.91. The number of nitrogens with one attached hydrogen (secondary N) is 1. The monoisotopic (exact) mass is 354 g/mol. The normalized spacial score (nSPS) is 27.0. The van der Waals surface area contributed by atoms with E-state index in [1.165, 1.54) is 7.11 Å². The number of hydrogen-bond acceptors (Lipinski definition) is 4. The van der Waals surface area contributed by atoms with Gasteiger partial charge in [-0.1, -0.05) is 36.4 Å². The first kappa shape index (κ1) is 15.9. The molecular formula is C19H18N2O3S. The minimum atomic E-state index is -0.990. The molecule has 128 valence electrons. The molecule has 1 saturated heterocycles. The molecule has 6 heteroatoms. The van der Waals surface area contributed by atoms with Gasteiger partial charge < -0.3 is 14.8 Å². The van der Waals surface area contributed by atoms with Crippen molar-refractivity contribution in [1.82, 2.24) is 5.32 Å². The molecule has 0 amide bonds. The molecule has 2 aliphatic rings. The number of hydrogen-bond donors (Lipinski definition) is 1. The van der Waals surface area contributed by atoms with E-state index < -0.39 is 11.6 Å². The molecule has 1 N–H and O–H groups in total. The molecular weight excluding hydrogens is 336 g/mol. The number of rotatable bonds is 2. The van der Waals surface area contributed by atoms with Crippen molar-refractivity contribution in [2.75, 3.05) is 12.0 Å². The van der Waals surface area contributed by atoms with E-state index in [1.807, 2.05) is 66.4 Å². The minimum absolute atomic E-state index is 0.296. The zero-order valence-electron chi connectivity index (χ0n) is 13.9. The van der Waals surface area contributed by atoms with Crippen LogP contribution in [0.3, 0.4) is 0 Å². The lowest BCUT2D eigenvalue weighted by Crippen LogP contribution is -2.71. The van der Waals surface area contributed by atoms with E-state index in [4.69, 9.17) is 21.7 Å². The zero-order valence-corrected chi connectivity index (χ0v) is 14.7. The van der Waals surface area contributed by atoms with Crippen LogP contribution in [-0.4, -0.2) is 23.9 Å². The van der Waals surface area contributed by atoms with Crippen LogP contribution in [0.2, 0.25) is 0 Å². The van der Waals surface area contributed by atoms with Crippen LogP contribution >= 0.6 is 12.2 Å². The summed E-state index contributed by atoms with van der Waals surface area (Å²) in [6.45, 7) is 1.89. The maximum absolute atomic E-state index is 12.7. The van der Waals surface area contributed by atoms with Crippen molar-refractivity contribution in [3.8, 4) is 5.75 Å². The van der Waals surface area contributed by atoms with Gasteiger partial charge in [0.15, 0.2) is 5.11 Å². The predicted molar refractivity (Wildman–Crippen MR) is 98.4 cm³/mol. The second-order valence-corrected chi connectivity index (χ2v) is 6.68. The van der Waals surface area contributed by atoms with Crippen LogP contribution in [0.5, 0.6) is 5.75 Å². The quantitative estimate of drug-likeness (QED) is 0.661. The summed E-state index contributed by atoms with van der Waals surface area (Å²) in [4.78, 5) is 14.5. The van der Waals surface area contributed by atoms with Crippen molar-refractivity contribution in [3.05, 3.63) is 60.2 Å². The summed E-state index contributed by atoms with van der Waals surface area (Å²) in [5.41, 5.74) is 0.773. The molecule has 0 radical (unpaired) electrons. The minimum Gasteiger partial charge on any atom is -0.469 e. The van der Waals surface area contributed by atoms with E-state index in [2.05, 4.69) is 5.32 Å². The third kappa shape index (κ3) is 2.28. The van der Waals surface area contributed by atoms with Crippen molar-refractivity contribution in [2.24, 2.45) is 5.92 Å². The number of nitrogens with zero attached hydrogens (tertiary/aromatic N) is 1. The van der Waals surface area contributed by atoms with Gasteiger partial charge in [0.05, 0.1) is 13.2 Å². The molecule has 2 bridgehead atoms. The van der Waals surface area contributed by atoms with Crippen molar-refractivity contribution < 1.29 is 14.3 Å². The van der Waals surface area contributed by atoms with Crippen molar-refractivity contribution in [3.63, 3.8) is 0 Å². The summed E-state index contributed by atoms with van der Waals surface area (Å²) >= 11 is 5.62. The SMILES string of the molecule is COC(=O)[C@H]1[C@@H]2NC(=S)N(c3ccccc3)[C@@]1(C)Oc1ccccc12. The van der Waals surface area contributed by atoms with Gasteiger partial charge in [-0.15, -0.1) is 0 Å². The van der Waals surface area contributed by atoms with Crippen molar-refractivity contribution >= 4 is 29.0 Å². The lowest BCUT2D eigenvalue weighted by atomic mass is 9.79. The van der Waals surface area contributed by atoms with Gasteiger partial charge in [0.25, 0.3) is 0 Å². The Hall–Kier alpha value is -2.60. The van der Waals surface area contributed by atoms with Crippen molar-refractivity contribution in [2.45, 2.75) is 18.7 Å². The van der Waals surface area contributed by atoms with E-state index in [1.54, 1.807) is 0 Å². The van der Waals surface area contributed by atoms with Gasteiger partial charge in [-0.25, -0.2) is 0 Å². The fraction of sp³-hybridized carbons (Fsp3) is 0.263. The summed E-state index contributed by atoms with van der Waals surface area (Å²) in [5.74, 6) is -0.164. The van der Waals surface area contributed by atoms with Crippen LogP contribution in [0.25, 0.3) is 0 Å². The van der Waals surface area contributed by atoms with Gasteiger partial charge in [0, 0.05) is 11.3 Å². The number of para-hydroxylation sites is 2. The molecule has 4 rings (SSSR count). The molecule has 0 unspecified atom stereocenters. The summed E-state index contributed by atoms with van der Waals surface area (Å²) in [6, 6.07) is 17.1. The highest BCUT2D eigenvalue weighted by Crippen LogP contribution is 2.49. The highest BCUT2D eigenvalue weighted by molar-refractivity contribution is 7.80. The Morgan fingerprint density at radius 1 is 1.20 bits per heavy atom. The first-order valence-corrected chi connectivity index (χ1v) is 8.48. The van der Waals surface area contributed by atoms with Gasteiger partial charge >= 0.3 is 5.97 Å². The Morgan fingerprint density at radius 3 is 2.60 bits per heavy atom. The molecule has 1 fully saturated rings. The Kier molecular flexibility index (Phi) is 3.65. The topological polar surface area (TPSA) is 50.8 Å². The number of thiocarbonyl (C=S) groups is 1. The number of carbonyl (C=O) groups excluding carboxylic acids is 1. The molecule has 0 aliphatic carbocycles. The Bertz CT molecular complexity index is 842. The molecule has 0 saturated carbocycles. The summed E-state index contributed by atoms with van der Waals surface area (Å²) in [6.07, 6.45) is 0. The van der Waals surface area contributed by atoms with E-state index in [-0.39, 0.29) is 12.0 Å². The standard InChI is InChI=1S/C19H18N2O3S/c1-19-15(17(22)23-2)16(13-10-6-7-11-14(13)24-19)20-18(25)21(19)12-8-4-3-5-9-12/h3-11,15-16H,1-2H3,(H,20,25)/t15-,16-,19+/m1/s1. The average molecular weight is 354 g/mol. The van der Waals surface area contributed by atoms with Crippen LogP contribution in [0.15, 0.2) is 54.6 Å². The first-order chi connectivity index (χ1) is 12.1. The van der Waals surface area contributed by atoms with Gasteiger partial charge in [0.1, 0.15) is 11.7 Å². The molecule has 2 heterocycles. The number of benzene rings is 2. The van der Waals surface area contributed by atoms with Crippen LogP contribution in [0.4, 0.5) is 5.69 Å². The second kappa shape index (κ2) is 5.74. The van der Waals surface area contributed by atoms with Gasteiger partial charge in [0.2, 0.25) is 5.72 Å². The third-order valence-corrected chi connectivity index (χ3v) is 5.18. The third-order valence-electron chi connectivity index (χ3n) is 4.88. The highest BCUT2D eigenvalue weighted by Gasteiger charge is 2.59. The van der Waals surface area contributed by atoms with Crippen molar-refractivity contribution in [1.29, 1.82) is 0 Å². The predicted octanol–water partition coefficient (Wildman–Crippen LogP) is 3.02. The Morgan fingerprint density at radius 2 is 1.88 bits per heavy atom. The first-order valence-electron chi connectivity index (χ1n) is 8.08. The number of ether oxygens (including phenoxy) is 2. The van der Waals surface area contributed by atoms with Gasteiger partial charge in [-0.3, -0.25) is 9.69 Å². The zero-order chi connectivity index (χ0) is 17.6. The van der Waals surface area contributed by atoms with Crippen LogP contribution in [0.1, 0.15) is 18.5 Å². The van der Waals surface area contributed by atoms with Crippen LogP contribution < -0.4 is 15.0 Å². The smallest absolute Gasteiger partial charge is 0.317 e.